The average Bonchev–Trinajstić information content (AvgIpc) is 2.78. The van der Waals surface area contributed by atoms with Gasteiger partial charge in [0.15, 0.2) is 0 Å². The summed E-state index contributed by atoms with van der Waals surface area (Å²) >= 11 is 6.41. The van der Waals surface area contributed by atoms with Crippen LogP contribution in [0.25, 0.3) is 11.1 Å². The Morgan fingerprint density at radius 1 is 1.18 bits per heavy atom. The molecule has 1 aromatic heterocycles. The summed E-state index contributed by atoms with van der Waals surface area (Å²) in [6.07, 6.45) is 2.93. The number of hydrogen-bond donors (Lipinski definition) is 2. The number of amides is 2. The minimum absolute atomic E-state index is 0.0583. The lowest BCUT2D eigenvalue weighted by atomic mass is 9.86. The van der Waals surface area contributed by atoms with Crippen molar-refractivity contribution >= 4 is 29.1 Å². The van der Waals surface area contributed by atoms with Gasteiger partial charge in [0.05, 0.1) is 5.56 Å². The van der Waals surface area contributed by atoms with Crippen molar-refractivity contribution in [3.05, 3.63) is 92.8 Å². The van der Waals surface area contributed by atoms with Crippen LogP contribution in [0.1, 0.15) is 23.5 Å². The van der Waals surface area contributed by atoms with Gasteiger partial charge >= 0.3 is 0 Å². The highest BCUT2D eigenvalue weighted by Gasteiger charge is 2.29. The highest BCUT2D eigenvalue weighted by molar-refractivity contribution is 6.33. The average molecular weight is 467 g/mol. The molecule has 1 atom stereocenters. The lowest BCUT2D eigenvalue weighted by Crippen LogP contribution is -2.32. The van der Waals surface area contributed by atoms with Crippen LogP contribution in [-0.4, -0.2) is 21.6 Å². The molecule has 0 fully saturated rings. The molecular weight excluding hydrogens is 447 g/mol. The van der Waals surface area contributed by atoms with Crippen molar-refractivity contribution in [2.75, 3.05) is 5.32 Å². The summed E-state index contributed by atoms with van der Waals surface area (Å²) in [5.74, 6) is -1.60. The first kappa shape index (κ1) is 22.4. The molecular formula is C24H20ClFN4O3. The number of aryl methyl sites for hydroxylation is 2. The molecule has 2 amide bonds. The number of anilines is 1. The number of halogens is 2. The molecule has 0 saturated heterocycles. The van der Waals surface area contributed by atoms with Crippen molar-refractivity contribution in [1.82, 2.24) is 15.1 Å². The summed E-state index contributed by atoms with van der Waals surface area (Å²) in [5, 5.41) is 9.72. The molecule has 4 rings (SSSR count). The molecule has 0 spiro atoms. The monoisotopic (exact) mass is 466 g/mol. The zero-order chi connectivity index (χ0) is 23.7. The second-order valence-electron chi connectivity index (χ2n) is 7.75. The molecule has 0 unspecified atom stereocenters. The van der Waals surface area contributed by atoms with Crippen molar-refractivity contribution in [1.29, 1.82) is 0 Å². The predicted octanol–water partition coefficient (Wildman–Crippen LogP) is 3.67. The van der Waals surface area contributed by atoms with E-state index in [-0.39, 0.29) is 17.9 Å². The van der Waals surface area contributed by atoms with Crippen LogP contribution in [-0.2, 0) is 16.6 Å². The molecule has 3 aromatic rings. The van der Waals surface area contributed by atoms with Crippen LogP contribution in [0.4, 0.5) is 10.1 Å². The molecule has 9 heteroatoms. The standard InChI is InChI=1S/C24H20ClFN4O3/c1-13-9-20(25)18(16-7-8-28-30(2)24(16)33)10-21(13)29-23(32)19-12-27-22(31)11-17(19)14-3-5-15(26)6-4-14/h3-10,12,17H,11H2,1-2H3,(H,27,31)(H,29,32)/t17-/m0/s1. The van der Waals surface area contributed by atoms with Crippen LogP contribution in [0, 0.1) is 12.7 Å². The van der Waals surface area contributed by atoms with E-state index in [0.29, 0.717) is 38.5 Å². The maximum absolute atomic E-state index is 13.4. The van der Waals surface area contributed by atoms with E-state index in [2.05, 4.69) is 15.7 Å². The Morgan fingerprint density at radius 2 is 1.91 bits per heavy atom. The summed E-state index contributed by atoms with van der Waals surface area (Å²) in [4.78, 5) is 37.7. The molecule has 2 aromatic carbocycles. The van der Waals surface area contributed by atoms with E-state index in [0.717, 1.165) is 0 Å². The molecule has 2 N–H and O–H groups in total. The first-order valence-electron chi connectivity index (χ1n) is 10.1. The molecule has 1 aliphatic heterocycles. The van der Waals surface area contributed by atoms with E-state index in [9.17, 15) is 18.8 Å². The van der Waals surface area contributed by atoms with Gasteiger partial charge in [-0.3, -0.25) is 14.4 Å². The zero-order valence-corrected chi connectivity index (χ0v) is 18.6. The Bertz CT molecular complexity index is 1350. The van der Waals surface area contributed by atoms with E-state index >= 15 is 0 Å². The molecule has 33 heavy (non-hydrogen) atoms. The van der Waals surface area contributed by atoms with Crippen LogP contribution in [0.3, 0.4) is 0 Å². The normalized spacial score (nSPS) is 15.6. The van der Waals surface area contributed by atoms with E-state index in [1.54, 1.807) is 37.3 Å². The van der Waals surface area contributed by atoms with Gasteiger partial charge in [0.1, 0.15) is 5.82 Å². The van der Waals surface area contributed by atoms with Gasteiger partial charge in [-0.2, -0.15) is 5.10 Å². The fourth-order valence-corrected chi connectivity index (χ4v) is 4.07. The van der Waals surface area contributed by atoms with Crippen LogP contribution >= 0.6 is 11.6 Å². The third kappa shape index (κ3) is 4.56. The SMILES string of the molecule is Cc1cc(Cl)c(-c2ccnn(C)c2=O)cc1NC(=O)C1=CNC(=O)C[C@H]1c1ccc(F)cc1. The third-order valence-electron chi connectivity index (χ3n) is 5.55. The van der Waals surface area contributed by atoms with E-state index in [1.165, 1.54) is 36.3 Å². The second-order valence-corrected chi connectivity index (χ2v) is 8.16. The lowest BCUT2D eigenvalue weighted by molar-refractivity contribution is -0.121. The zero-order valence-electron chi connectivity index (χ0n) is 17.9. The van der Waals surface area contributed by atoms with Crippen LogP contribution in [0.5, 0.6) is 0 Å². The highest BCUT2D eigenvalue weighted by Crippen LogP contribution is 2.34. The Hall–Kier alpha value is -3.78. The van der Waals surface area contributed by atoms with Crippen LogP contribution < -0.4 is 16.2 Å². The van der Waals surface area contributed by atoms with Gasteiger partial charge in [-0.05, 0) is 48.4 Å². The Kier molecular flexibility index (Phi) is 6.11. The summed E-state index contributed by atoms with van der Waals surface area (Å²) in [6.45, 7) is 1.78. The first-order valence-corrected chi connectivity index (χ1v) is 10.5. The first-order chi connectivity index (χ1) is 15.7. The number of nitrogens with one attached hydrogen (secondary N) is 2. The summed E-state index contributed by atoms with van der Waals surface area (Å²) in [6, 6.07) is 10.6. The fourth-order valence-electron chi connectivity index (χ4n) is 3.75. The number of hydrogen-bond acceptors (Lipinski definition) is 4. The number of rotatable bonds is 4. The van der Waals surface area contributed by atoms with Crippen molar-refractivity contribution in [3.8, 4) is 11.1 Å². The minimum atomic E-state index is -0.529. The van der Waals surface area contributed by atoms with E-state index < -0.39 is 17.6 Å². The Morgan fingerprint density at radius 3 is 2.64 bits per heavy atom. The molecule has 0 aliphatic carbocycles. The summed E-state index contributed by atoms with van der Waals surface area (Å²) < 4.78 is 14.6. The summed E-state index contributed by atoms with van der Waals surface area (Å²) in [7, 11) is 1.54. The van der Waals surface area contributed by atoms with Gasteiger partial charge in [-0.15, -0.1) is 0 Å². The predicted molar refractivity (Wildman–Crippen MR) is 123 cm³/mol. The fraction of sp³-hybridized carbons (Fsp3) is 0.167. The molecule has 1 aliphatic rings. The number of nitrogens with zero attached hydrogens (tertiary/aromatic N) is 2. The van der Waals surface area contributed by atoms with Gasteiger partial charge in [0.2, 0.25) is 5.91 Å². The Balaban J connectivity index is 1.69. The van der Waals surface area contributed by atoms with Gasteiger partial charge in [0.25, 0.3) is 11.5 Å². The van der Waals surface area contributed by atoms with Gasteiger partial charge in [-0.25, -0.2) is 9.07 Å². The van der Waals surface area contributed by atoms with Crippen molar-refractivity contribution in [3.63, 3.8) is 0 Å². The van der Waals surface area contributed by atoms with Gasteiger partial charge in [0, 0.05) is 53.6 Å². The van der Waals surface area contributed by atoms with Crippen molar-refractivity contribution < 1.29 is 14.0 Å². The van der Waals surface area contributed by atoms with Gasteiger partial charge in [-0.1, -0.05) is 23.7 Å². The number of carbonyl (C=O) groups is 2. The van der Waals surface area contributed by atoms with Crippen molar-refractivity contribution in [2.45, 2.75) is 19.3 Å². The second kappa shape index (κ2) is 8.99. The third-order valence-corrected chi connectivity index (χ3v) is 5.86. The molecule has 0 bridgehead atoms. The number of carbonyl (C=O) groups excluding carboxylic acids is 2. The number of benzene rings is 2. The number of aromatic nitrogens is 2. The molecule has 7 nitrogen and oxygen atoms in total. The minimum Gasteiger partial charge on any atom is -0.332 e. The smallest absolute Gasteiger partial charge is 0.274 e. The molecule has 0 radical (unpaired) electrons. The van der Waals surface area contributed by atoms with Crippen molar-refractivity contribution in [2.24, 2.45) is 7.05 Å². The van der Waals surface area contributed by atoms with Crippen LogP contribution in [0.2, 0.25) is 5.02 Å². The maximum Gasteiger partial charge on any atom is 0.274 e. The lowest BCUT2D eigenvalue weighted by Gasteiger charge is -2.24. The largest absolute Gasteiger partial charge is 0.332 e. The van der Waals surface area contributed by atoms with E-state index in [1.807, 2.05) is 0 Å². The highest BCUT2D eigenvalue weighted by atomic mass is 35.5. The topological polar surface area (TPSA) is 93.1 Å². The molecule has 168 valence electrons. The Labute approximate surface area is 193 Å². The summed E-state index contributed by atoms with van der Waals surface area (Å²) in [5.41, 5.74) is 2.63. The molecule has 2 heterocycles. The van der Waals surface area contributed by atoms with E-state index in [4.69, 9.17) is 11.6 Å². The van der Waals surface area contributed by atoms with Gasteiger partial charge < -0.3 is 10.6 Å². The molecule has 0 saturated carbocycles. The quantitative estimate of drug-likeness (QED) is 0.613. The maximum atomic E-state index is 13.4. The van der Waals surface area contributed by atoms with Crippen LogP contribution in [0.15, 0.2) is 65.2 Å².